The summed E-state index contributed by atoms with van der Waals surface area (Å²) in [7, 11) is 0. The molecule has 2 fully saturated rings. The van der Waals surface area contributed by atoms with E-state index in [9.17, 15) is 14.7 Å². The molecule has 1 aliphatic heterocycles. The Morgan fingerprint density at radius 3 is 2.46 bits per heavy atom. The normalized spacial score (nSPS) is 25.2. The van der Waals surface area contributed by atoms with Crippen LogP contribution >= 0.6 is 0 Å². The number of hydrogen-bond acceptors (Lipinski definition) is 3. The van der Waals surface area contributed by atoms with Crippen molar-refractivity contribution in [3.63, 3.8) is 0 Å². The molecule has 1 saturated carbocycles. The van der Waals surface area contributed by atoms with Crippen LogP contribution in [0, 0.1) is 5.92 Å². The highest BCUT2D eigenvalue weighted by molar-refractivity contribution is 5.78. The summed E-state index contributed by atoms with van der Waals surface area (Å²) in [5.41, 5.74) is 2.21. The number of carbonyl (C=O) groups is 2. The Morgan fingerprint density at radius 1 is 1.23 bits per heavy atom. The van der Waals surface area contributed by atoms with Crippen molar-refractivity contribution in [3.8, 4) is 0 Å². The maximum atomic E-state index is 12.1. The number of nitrogens with one attached hydrogen (secondary N) is 1. The van der Waals surface area contributed by atoms with Crippen molar-refractivity contribution in [1.29, 1.82) is 0 Å². The number of nitrogens with zero attached hydrogens (tertiary/aromatic N) is 1. The highest BCUT2D eigenvalue weighted by atomic mass is 16.3. The van der Waals surface area contributed by atoms with Crippen LogP contribution in [0.15, 0.2) is 30.3 Å². The maximum Gasteiger partial charge on any atom is 0.220 e. The number of carbonyl (C=O) groups excluding carboxylic acids is 2. The minimum absolute atomic E-state index is 0.0322. The van der Waals surface area contributed by atoms with Gasteiger partial charge in [0.15, 0.2) is 0 Å². The van der Waals surface area contributed by atoms with Gasteiger partial charge in [0.05, 0.1) is 18.7 Å². The van der Waals surface area contributed by atoms with E-state index in [4.69, 9.17) is 0 Å². The lowest BCUT2D eigenvalue weighted by Crippen LogP contribution is -2.68. The molecule has 0 bridgehead atoms. The Morgan fingerprint density at radius 2 is 1.92 bits per heavy atom. The van der Waals surface area contributed by atoms with Gasteiger partial charge in [0.1, 0.15) is 0 Å². The predicted molar refractivity (Wildman–Crippen MR) is 101 cm³/mol. The fourth-order valence-electron chi connectivity index (χ4n) is 3.98. The third kappa shape index (κ3) is 3.98. The summed E-state index contributed by atoms with van der Waals surface area (Å²) in [5, 5.41) is 12.8. The second-order valence-corrected chi connectivity index (χ2v) is 7.39. The highest BCUT2D eigenvalue weighted by Crippen LogP contribution is 2.40. The molecule has 2 amide bonds. The molecule has 0 aromatic heterocycles. The van der Waals surface area contributed by atoms with Gasteiger partial charge in [-0.05, 0) is 36.8 Å². The lowest BCUT2D eigenvalue weighted by Gasteiger charge is -2.54. The van der Waals surface area contributed by atoms with Crippen LogP contribution in [0.3, 0.4) is 0 Å². The van der Waals surface area contributed by atoms with Crippen LogP contribution in [0.5, 0.6) is 0 Å². The number of hydrogen-bond donors (Lipinski definition) is 2. The van der Waals surface area contributed by atoms with Crippen molar-refractivity contribution in [2.75, 3.05) is 13.2 Å². The summed E-state index contributed by atoms with van der Waals surface area (Å²) in [4.78, 5) is 25.8. The van der Waals surface area contributed by atoms with Crippen molar-refractivity contribution < 1.29 is 14.7 Å². The Bertz CT molecular complexity index is 679. The topological polar surface area (TPSA) is 69.6 Å². The van der Waals surface area contributed by atoms with Crippen molar-refractivity contribution in [2.45, 2.75) is 51.1 Å². The zero-order chi connectivity index (χ0) is 18.7. The minimum atomic E-state index is -0.231. The summed E-state index contributed by atoms with van der Waals surface area (Å²) in [6.07, 6.45) is 6.89. The average Bonchev–Trinajstić information content (AvgIpc) is 3.39. The van der Waals surface area contributed by atoms with Gasteiger partial charge in [-0.3, -0.25) is 9.59 Å². The van der Waals surface area contributed by atoms with Gasteiger partial charge >= 0.3 is 0 Å². The molecule has 3 atom stereocenters. The Labute approximate surface area is 155 Å². The summed E-state index contributed by atoms with van der Waals surface area (Å²) >= 11 is 0. The molecule has 0 radical (unpaired) electrons. The third-order valence-electron chi connectivity index (χ3n) is 5.45. The molecule has 1 heterocycles. The quantitative estimate of drug-likeness (QED) is 0.788. The molecule has 2 aliphatic rings. The molecule has 3 rings (SSSR count). The van der Waals surface area contributed by atoms with E-state index in [0.717, 1.165) is 24.0 Å². The van der Waals surface area contributed by atoms with Crippen LogP contribution in [0.1, 0.15) is 50.2 Å². The zero-order valence-electron chi connectivity index (χ0n) is 15.5. The molecule has 5 nitrogen and oxygen atoms in total. The number of aliphatic hydroxyl groups is 1. The summed E-state index contributed by atoms with van der Waals surface area (Å²) in [6.45, 7) is 3.86. The number of amides is 2. The van der Waals surface area contributed by atoms with Gasteiger partial charge in [-0.15, -0.1) is 0 Å². The van der Waals surface area contributed by atoms with Crippen LogP contribution in [0.4, 0.5) is 0 Å². The van der Waals surface area contributed by atoms with E-state index in [0.29, 0.717) is 18.9 Å². The van der Waals surface area contributed by atoms with Crippen LogP contribution in [0.2, 0.25) is 0 Å². The first-order valence-electron chi connectivity index (χ1n) is 9.44. The molecule has 140 valence electrons. The van der Waals surface area contributed by atoms with Crippen molar-refractivity contribution in [1.82, 2.24) is 10.2 Å². The van der Waals surface area contributed by atoms with Gasteiger partial charge in [0.2, 0.25) is 11.8 Å². The highest BCUT2D eigenvalue weighted by Gasteiger charge is 2.50. The maximum absolute atomic E-state index is 12.1. The second-order valence-electron chi connectivity index (χ2n) is 7.39. The molecule has 1 aromatic carbocycles. The van der Waals surface area contributed by atoms with Crippen LogP contribution in [-0.4, -0.2) is 47.1 Å². The van der Waals surface area contributed by atoms with Gasteiger partial charge in [-0.25, -0.2) is 0 Å². The lowest BCUT2D eigenvalue weighted by molar-refractivity contribution is -0.148. The van der Waals surface area contributed by atoms with Crippen LogP contribution in [0.25, 0.3) is 6.08 Å². The van der Waals surface area contributed by atoms with E-state index >= 15 is 0 Å². The number of likely N-dealkylation sites (tertiary alicyclic amines) is 1. The molecule has 1 saturated heterocycles. The lowest BCUT2D eigenvalue weighted by atomic mass is 9.75. The minimum Gasteiger partial charge on any atom is -0.394 e. The smallest absolute Gasteiger partial charge is 0.220 e. The van der Waals surface area contributed by atoms with E-state index < -0.39 is 0 Å². The summed E-state index contributed by atoms with van der Waals surface area (Å²) in [6, 6.07) is 7.86. The number of benzene rings is 1. The predicted octanol–water partition coefficient (Wildman–Crippen LogP) is 2.31. The SMILES string of the molecule is C/C=C/c1ccc([C@@H]2[C@H](CO)N(C(C)=O)[C@H]2CNC(=O)CC2CC2)cc1. The van der Waals surface area contributed by atoms with Gasteiger partial charge in [0.25, 0.3) is 0 Å². The van der Waals surface area contributed by atoms with E-state index in [1.54, 1.807) is 4.90 Å². The molecule has 2 N–H and O–H groups in total. The van der Waals surface area contributed by atoms with E-state index in [1.807, 2.05) is 31.2 Å². The molecule has 1 aromatic rings. The van der Waals surface area contributed by atoms with Crippen molar-refractivity contribution in [2.24, 2.45) is 5.92 Å². The van der Waals surface area contributed by atoms with E-state index in [-0.39, 0.29) is 36.4 Å². The molecule has 1 aliphatic carbocycles. The fourth-order valence-corrected chi connectivity index (χ4v) is 3.98. The first-order valence-corrected chi connectivity index (χ1v) is 9.44. The van der Waals surface area contributed by atoms with E-state index in [1.165, 1.54) is 6.92 Å². The monoisotopic (exact) mass is 356 g/mol. The average molecular weight is 356 g/mol. The largest absolute Gasteiger partial charge is 0.394 e. The Balaban J connectivity index is 1.72. The van der Waals surface area contributed by atoms with Gasteiger partial charge in [-0.1, -0.05) is 36.4 Å². The first-order chi connectivity index (χ1) is 12.5. The molecule has 0 spiro atoms. The van der Waals surface area contributed by atoms with Gasteiger partial charge < -0.3 is 15.3 Å². The van der Waals surface area contributed by atoms with Gasteiger partial charge in [-0.2, -0.15) is 0 Å². The number of allylic oxidation sites excluding steroid dienone is 1. The number of rotatable bonds is 7. The molecular weight excluding hydrogens is 328 g/mol. The van der Waals surface area contributed by atoms with E-state index in [2.05, 4.69) is 17.4 Å². The van der Waals surface area contributed by atoms with Crippen molar-refractivity contribution >= 4 is 17.9 Å². The second kappa shape index (κ2) is 8.04. The molecule has 5 heteroatoms. The van der Waals surface area contributed by atoms with Crippen LogP contribution < -0.4 is 5.32 Å². The fraction of sp³-hybridized carbons (Fsp3) is 0.524. The molecular formula is C21H28N2O3. The number of aliphatic hydroxyl groups excluding tert-OH is 1. The Hall–Kier alpha value is -2.14. The zero-order valence-corrected chi connectivity index (χ0v) is 15.5. The third-order valence-corrected chi connectivity index (χ3v) is 5.45. The summed E-state index contributed by atoms with van der Waals surface area (Å²) in [5.74, 6) is 0.572. The standard InChI is InChI=1S/C21H28N2O3/c1-3-4-15-7-9-17(10-8-15)21-18(23(14(2)25)19(21)13-24)12-22-20(26)11-16-5-6-16/h3-4,7-10,16,18-19,21,24H,5-6,11-13H2,1-2H3,(H,22,26)/b4-3+/t18-,19-,21-/m0/s1. The van der Waals surface area contributed by atoms with Gasteiger partial charge in [0, 0.05) is 25.8 Å². The Kier molecular flexibility index (Phi) is 5.77. The molecule has 0 unspecified atom stereocenters. The van der Waals surface area contributed by atoms with Crippen molar-refractivity contribution in [3.05, 3.63) is 41.5 Å². The summed E-state index contributed by atoms with van der Waals surface area (Å²) < 4.78 is 0. The molecule has 26 heavy (non-hydrogen) atoms. The first kappa shape index (κ1) is 18.6. The van der Waals surface area contributed by atoms with Crippen LogP contribution in [-0.2, 0) is 9.59 Å².